The average Bonchev–Trinajstić information content (AvgIpc) is 3.09. The Morgan fingerprint density at radius 1 is 1.22 bits per heavy atom. The van der Waals surface area contributed by atoms with E-state index in [0.29, 0.717) is 54.2 Å². The van der Waals surface area contributed by atoms with Crippen LogP contribution in [0.3, 0.4) is 0 Å². The SMILES string of the molecule is O=C(/C=C/c1nc2ccccc2o1)NCCc1cc(Cl)c2c(c1)OCCO2. The number of halogens is 1. The number of benzene rings is 2. The molecular formula is C20H17ClN2O4. The van der Waals surface area contributed by atoms with Crippen LogP contribution in [0.15, 0.2) is 46.9 Å². The van der Waals surface area contributed by atoms with Gasteiger partial charge in [-0.1, -0.05) is 23.7 Å². The van der Waals surface area contributed by atoms with Gasteiger partial charge < -0.3 is 19.2 Å². The highest BCUT2D eigenvalue weighted by molar-refractivity contribution is 6.32. The van der Waals surface area contributed by atoms with Gasteiger partial charge in [-0.2, -0.15) is 0 Å². The molecule has 0 unspecified atom stereocenters. The van der Waals surface area contributed by atoms with E-state index in [1.165, 1.54) is 6.08 Å². The van der Waals surface area contributed by atoms with Crippen molar-refractivity contribution < 1.29 is 18.7 Å². The number of aromatic nitrogens is 1. The van der Waals surface area contributed by atoms with Crippen LogP contribution in [-0.2, 0) is 11.2 Å². The standard InChI is InChI=1S/C20H17ClN2O4/c21-14-11-13(12-17-20(14)26-10-9-25-17)7-8-22-18(24)5-6-19-23-15-3-1-2-4-16(15)27-19/h1-6,11-12H,7-10H2,(H,22,24)/b6-5+. The minimum Gasteiger partial charge on any atom is -0.486 e. The van der Waals surface area contributed by atoms with Crippen LogP contribution in [0.4, 0.5) is 0 Å². The minimum atomic E-state index is -0.221. The summed E-state index contributed by atoms with van der Waals surface area (Å²) < 4.78 is 16.6. The van der Waals surface area contributed by atoms with E-state index in [2.05, 4.69) is 10.3 Å². The van der Waals surface area contributed by atoms with E-state index < -0.39 is 0 Å². The molecule has 1 aromatic heterocycles. The van der Waals surface area contributed by atoms with Gasteiger partial charge in [0, 0.05) is 18.7 Å². The van der Waals surface area contributed by atoms with Crippen molar-refractivity contribution >= 4 is 34.7 Å². The van der Waals surface area contributed by atoms with E-state index in [0.717, 1.165) is 11.1 Å². The molecule has 2 heterocycles. The molecule has 3 aromatic rings. The van der Waals surface area contributed by atoms with Gasteiger partial charge in [0.15, 0.2) is 17.1 Å². The average molecular weight is 385 g/mol. The van der Waals surface area contributed by atoms with Gasteiger partial charge in [0.25, 0.3) is 0 Å². The smallest absolute Gasteiger partial charge is 0.244 e. The lowest BCUT2D eigenvalue weighted by Crippen LogP contribution is -2.23. The molecule has 0 fully saturated rings. The van der Waals surface area contributed by atoms with Gasteiger partial charge in [-0.25, -0.2) is 4.98 Å². The van der Waals surface area contributed by atoms with Crippen molar-refractivity contribution in [2.24, 2.45) is 0 Å². The Morgan fingerprint density at radius 2 is 2.07 bits per heavy atom. The van der Waals surface area contributed by atoms with Crippen LogP contribution in [0.1, 0.15) is 11.5 Å². The van der Waals surface area contributed by atoms with Crippen LogP contribution in [0, 0.1) is 0 Å². The Kier molecular flexibility index (Phi) is 4.98. The summed E-state index contributed by atoms with van der Waals surface area (Å²) in [5.41, 5.74) is 2.41. The van der Waals surface area contributed by atoms with E-state index in [-0.39, 0.29) is 5.91 Å². The van der Waals surface area contributed by atoms with E-state index in [9.17, 15) is 4.79 Å². The highest BCUT2D eigenvalue weighted by Gasteiger charge is 2.16. The Balaban J connectivity index is 1.32. The maximum absolute atomic E-state index is 12.0. The Morgan fingerprint density at radius 3 is 2.96 bits per heavy atom. The fourth-order valence-electron chi connectivity index (χ4n) is 2.81. The second-order valence-electron chi connectivity index (χ2n) is 6.00. The summed E-state index contributed by atoms with van der Waals surface area (Å²) in [6.07, 6.45) is 3.58. The minimum absolute atomic E-state index is 0.221. The first kappa shape index (κ1) is 17.4. The Bertz CT molecular complexity index is 979. The van der Waals surface area contributed by atoms with Crippen molar-refractivity contribution in [3.05, 3.63) is 59.0 Å². The number of nitrogens with zero attached hydrogens (tertiary/aromatic N) is 1. The summed E-state index contributed by atoms with van der Waals surface area (Å²) in [7, 11) is 0. The number of fused-ring (bicyclic) bond motifs is 2. The quantitative estimate of drug-likeness (QED) is 0.680. The highest BCUT2D eigenvalue weighted by atomic mass is 35.5. The number of oxazole rings is 1. The largest absolute Gasteiger partial charge is 0.486 e. The first-order chi connectivity index (χ1) is 13.2. The normalized spacial score (nSPS) is 13.2. The maximum atomic E-state index is 12.0. The fraction of sp³-hybridized carbons (Fsp3) is 0.200. The van der Waals surface area contributed by atoms with Crippen LogP contribution in [0.25, 0.3) is 17.2 Å². The van der Waals surface area contributed by atoms with Crippen LogP contribution < -0.4 is 14.8 Å². The van der Waals surface area contributed by atoms with Crippen LogP contribution >= 0.6 is 11.6 Å². The number of amides is 1. The van der Waals surface area contributed by atoms with E-state index in [4.69, 9.17) is 25.5 Å². The summed E-state index contributed by atoms with van der Waals surface area (Å²) in [6, 6.07) is 11.2. The number of carbonyl (C=O) groups is 1. The summed E-state index contributed by atoms with van der Waals surface area (Å²) >= 11 is 6.22. The van der Waals surface area contributed by atoms with Gasteiger partial charge in [0.2, 0.25) is 11.8 Å². The van der Waals surface area contributed by atoms with E-state index >= 15 is 0 Å². The highest BCUT2D eigenvalue weighted by Crippen LogP contribution is 2.38. The van der Waals surface area contributed by atoms with Gasteiger partial charge in [-0.15, -0.1) is 0 Å². The molecule has 0 spiro atoms. The third-order valence-electron chi connectivity index (χ3n) is 4.06. The Labute approximate surface area is 160 Å². The van der Waals surface area contributed by atoms with Gasteiger partial charge in [0.05, 0.1) is 5.02 Å². The molecule has 1 aliphatic heterocycles. The zero-order valence-electron chi connectivity index (χ0n) is 14.4. The third-order valence-corrected chi connectivity index (χ3v) is 4.34. The second-order valence-corrected chi connectivity index (χ2v) is 6.40. The number of hydrogen-bond acceptors (Lipinski definition) is 5. The number of carbonyl (C=O) groups excluding carboxylic acids is 1. The Hall–Kier alpha value is -2.99. The summed E-state index contributed by atoms with van der Waals surface area (Å²) in [5, 5.41) is 3.34. The number of ether oxygens (including phenoxy) is 2. The molecule has 1 N–H and O–H groups in total. The molecule has 1 aliphatic rings. The lowest BCUT2D eigenvalue weighted by molar-refractivity contribution is -0.116. The van der Waals surface area contributed by atoms with Crippen molar-refractivity contribution in [2.45, 2.75) is 6.42 Å². The summed E-state index contributed by atoms with van der Waals surface area (Å²) in [4.78, 5) is 16.3. The van der Waals surface area contributed by atoms with Gasteiger partial charge in [-0.05, 0) is 36.2 Å². The number of hydrogen-bond donors (Lipinski definition) is 1. The molecule has 6 nitrogen and oxygen atoms in total. The first-order valence-electron chi connectivity index (χ1n) is 8.58. The fourth-order valence-corrected chi connectivity index (χ4v) is 3.09. The molecular weight excluding hydrogens is 368 g/mol. The van der Waals surface area contributed by atoms with E-state index in [1.807, 2.05) is 36.4 Å². The lowest BCUT2D eigenvalue weighted by atomic mass is 10.1. The molecule has 7 heteroatoms. The van der Waals surface area contributed by atoms with Crippen LogP contribution in [0.5, 0.6) is 11.5 Å². The number of rotatable bonds is 5. The van der Waals surface area contributed by atoms with Crippen molar-refractivity contribution in [2.75, 3.05) is 19.8 Å². The molecule has 4 rings (SSSR count). The number of para-hydroxylation sites is 2. The third kappa shape index (κ3) is 4.06. The molecule has 0 atom stereocenters. The maximum Gasteiger partial charge on any atom is 0.244 e. The second kappa shape index (κ2) is 7.72. The molecule has 1 amide bonds. The molecule has 0 bridgehead atoms. The molecule has 138 valence electrons. The molecule has 0 radical (unpaired) electrons. The zero-order valence-corrected chi connectivity index (χ0v) is 15.2. The van der Waals surface area contributed by atoms with E-state index in [1.54, 1.807) is 6.08 Å². The lowest BCUT2D eigenvalue weighted by Gasteiger charge is -2.20. The predicted octanol–water partition coefficient (Wildman–Crippen LogP) is 3.62. The molecule has 0 aliphatic carbocycles. The van der Waals surface area contributed by atoms with Gasteiger partial charge in [0.1, 0.15) is 18.7 Å². The van der Waals surface area contributed by atoms with Gasteiger partial charge in [-0.3, -0.25) is 4.79 Å². The first-order valence-corrected chi connectivity index (χ1v) is 8.96. The predicted molar refractivity (Wildman–Crippen MR) is 102 cm³/mol. The van der Waals surface area contributed by atoms with Crippen LogP contribution in [0.2, 0.25) is 5.02 Å². The van der Waals surface area contributed by atoms with Crippen molar-refractivity contribution in [3.63, 3.8) is 0 Å². The van der Waals surface area contributed by atoms with Crippen LogP contribution in [-0.4, -0.2) is 30.6 Å². The zero-order chi connectivity index (χ0) is 18.6. The molecule has 0 saturated heterocycles. The van der Waals surface area contributed by atoms with Gasteiger partial charge >= 0.3 is 0 Å². The topological polar surface area (TPSA) is 73.6 Å². The molecule has 27 heavy (non-hydrogen) atoms. The van der Waals surface area contributed by atoms with Crippen molar-refractivity contribution in [1.29, 1.82) is 0 Å². The number of nitrogens with one attached hydrogen (secondary N) is 1. The molecule has 0 saturated carbocycles. The summed E-state index contributed by atoms with van der Waals surface area (Å²) in [6.45, 7) is 1.46. The monoisotopic (exact) mass is 384 g/mol. The van der Waals surface area contributed by atoms with Crippen molar-refractivity contribution in [3.8, 4) is 11.5 Å². The van der Waals surface area contributed by atoms with Crippen molar-refractivity contribution in [1.82, 2.24) is 10.3 Å². The summed E-state index contributed by atoms with van der Waals surface area (Å²) in [5.74, 6) is 1.40. The molecule has 2 aromatic carbocycles.